The third-order valence-corrected chi connectivity index (χ3v) is 4.10. The Hall–Kier alpha value is -0.890. The Balaban J connectivity index is 2.86. The molecule has 0 bridgehead atoms. The van der Waals surface area contributed by atoms with E-state index in [9.17, 15) is 0 Å². The van der Waals surface area contributed by atoms with Crippen LogP contribution in [0.15, 0.2) is 11.4 Å². The maximum Gasteiger partial charge on any atom is 0.0635 e. The molecule has 1 atom stereocenters. The van der Waals surface area contributed by atoms with Gasteiger partial charge in [0.15, 0.2) is 0 Å². The zero-order valence-corrected chi connectivity index (χ0v) is 12.3. The molecule has 1 aromatic heterocycles. The van der Waals surface area contributed by atoms with Crippen molar-refractivity contribution in [3.05, 3.63) is 21.9 Å². The van der Waals surface area contributed by atoms with Gasteiger partial charge in [-0.05, 0) is 29.9 Å². The van der Waals surface area contributed by atoms with Crippen molar-refractivity contribution < 1.29 is 0 Å². The highest BCUT2D eigenvalue weighted by molar-refractivity contribution is 7.10. The van der Waals surface area contributed by atoms with Crippen LogP contribution in [0.5, 0.6) is 0 Å². The van der Waals surface area contributed by atoms with Gasteiger partial charge >= 0.3 is 0 Å². The normalized spacial score (nSPS) is 12.9. The van der Waals surface area contributed by atoms with Crippen molar-refractivity contribution >= 4 is 11.3 Å². The molecule has 1 aromatic rings. The molecular formula is C14H23N3S. The Morgan fingerprint density at radius 2 is 2.22 bits per heavy atom. The minimum atomic E-state index is 0.251. The van der Waals surface area contributed by atoms with Gasteiger partial charge in [0, 0.05) is 30.9 Å². The fraction of sp³-hybridized carbons (Fsp3) is 0.643. The van der Waals surface area contributed by atoms with Gasteiger partial charge in [0.25, 0.3) is 0 Å². The zero-order valence-electron chi connectivity index (χ0n) is 11.5. The van der Waals surface area contributed by atoms with Crippen LogP contribution in [0.1, 0.15) is 36.8 Å². The van der Waals surface area contributed by atoms with Crippen LogP contribution >= 0.6 is 11.3 Å². The standard InChI is InChI=1S/C14H23N3S/c1-11(2)10-17(7-4-6-15)13(9-16)14-12(3)5-8-18-14/h5,8,11,13H,4,7,9-10,16H2,1-3H3. The van der Waals surface area contributed by atoms with E-state index < -0.39 is 0 Å². The predicted molar refractivity (Wildman–Crippen MR) is 77.5 cm³/mol. The first-order chi connectivity index (χ1) is 8.60. The SMILES string of the molecule is Cc1ccsc1C(CN)N(CCC#N)CC(C)C. The van der Waals surface area contributed by atoms with E-state index in [0.717, 1.165) is 13.1 Å². The van der Waals surface area contributed by atoms with Crippen LogP contribution in [0.2, 0.25) is 0 Å². The molecule has 1 rings (SSSR count). The smallest absolute Gasteiger partial charge is 0.0635 e. The Kier molecular flexibility index (Phi) is 6.34. The van der Waals surface area contributed by atoms with Gasteiger partial charge in [0.05, 0.1) is 12.1 Å². The molecule has 18 heavy (non-hydrogen) atoms. The molecule has 3 nitrogen and oxygen atoms in total. The quantitative estimate of drug-likeness (QED) is 0.824. The molecule has 2 N–H and O–H groups in total. The third kappa shape index (κ3) is 4.09. The van der Waals surface area contributed by atoms with Crippen LogP contribution in [-0.2, 0) is 0 Å². The number of hydrogen-bond donors (Lipinski definition) is 1. The molecule has 0 aromatic carbocycles. The van der Waals surface area contributed by atoms with E-state index in [2.05, 4.69) is 43.2 Å². The lowest BCUT2D eigenvalue weighted by atomic mass is 10.1. The minimum Gasteiger partial charge on any atom is -0.329 e. The molecule has 0 amide bonds. The molecular weight excluding hydrogens is 242 g/mol. The van der Waals surface area contributed by atoms with Gasteiger partial charge in [-0.15, -0.1) is 11.3 Å². The van der Waals surface area contributed by atoms with Crippen LogP contribution in [0, 0.1) is 24.2 Å². The first-order valence-electron chi connectivity index (χ1n) is 6.45. The Bertz CT molecular complexity index is 392. The van der Waals surface area contributed by atoms with Gasteiger partial charge in [-0.25, -0.2) is 0 Å². The van der Waals surface area contributed by atoms with Crippen LogP contribution < -0.4 is 5.73 Å². The molecule has 0 radical (unpaired) electrons. The highest BCUT2D eigenvalue weighted by atomic mass is 32.1. The lowest BCUT2D eigenvalue weighted by Gasteiger charge is -2.31. The van der Waals surface area contributed by atoms with Crippen LogP contribution in [0.4, 0.5) is 0 Å². The summed E-state index contributed by atoms with van der Waals surface area (Å²) in [4.78, 5) is 3.70. The average molecular weight is 265 g/mol. The third-order valence-electron chi connectivity index (χ3n) is 2.98. The summed E-state index contributed by atoms with van der Waals surface area (Å²) in [6.45, 7) is 8.93. The second kappa shape index (κ2) is 7.52. The van der Waals surface area contributed by atoms with Crippen molar-refractivity contribution in [1.29, 1.82) is 5.26 Å². The summed E-state index contributed by atoms with van der Waals surface area (Å²) in [6, 6.07) is 4.62. The largest absolute Gasteiger partial charge is 0.329 e. The van der Waals surface area contributed by atoms with E-state index in [1.54, 1.807) is 11.3 Å². The number of nitrogens with two attached hydrogens (primary N) is 1. The van der Waals surface area contributed by atoms with Crippen molar-refractivity contribution in [2.24, 2.45) is 11.7 Å². The highest BCUT2D eigenvalue weighted by Crippen LogP contribution is 2.28. The van der Waals surface area contributed by atoms with Crippen molar-refractivity contribution in [3.8, 4) is 6.07 Å². The van der Waals surface area contributed by atoms with E-state index in [0.29, 0.717) is 18.9 Å². The zero-order chi connectivity index (χ0) is 13.5. The molecule has 0 aliphatic carbocycles. The van der Waals surface area contributed by atoms with Gasteiger partial charge < -0.3 is 5.73 Å². The molecule has 4 heteroatoms. The van der Waals surface area contributed by atoms with Crippen molar-refractivity contribution in [1.82, 2.24) is 4.90 Å². The summed E-state index contributed by atoms with van der Waals surface area (Å²) >= 11 is 1.77. The molecule has 0 spiro atoms. The molecule has 1 heterocycles. The highest BCUT2D eigenvalue weighted by Gasteiger charge is 2.22. The van der Waals surface area contributed by atoms with Crippen LogP contribution in [-0.4, -0.2) is 24.5 Å². The topological polar surface area (TPSA) is 53.0 Å². The monoisotopic (exact) mass is 265 g/mol. The number of rotatable bonds is 7. The van der Waals surface area contributed by atoms with E-state index in [-0.39, 0.29) is 6.04 Å². The van der Waals surface area contributed by atoms with Gasteiger partial charge in [-0.2, -0.15) is 5.26 Å². The van der Waals surface area contributed by atoms with Crippen LogP contribution in [0.3, 0.4) is 0 Å². The second-order valence-corrected chi connectivity index (χ2v) is 5.96. The second-order valence-electron chi connectivity index (χ2n) is 5.02. The molecule has 100 valence electrons. The lowest BCUT2D eigenvalue weighted by molar-refractivity contribution is 0.185. The van der Waals surface area contributed by atoms with Gasteiger partial charge in [0.2, 0.25) is 0 Å². The van der Waals surface area contributed by atoms with Gasteiger partial charge in [-0.3, -0.25) is 4.90 Å². The molecule has 0 saturated heterocycles. The molecule has 1 unspecified atom stereocenters. The van der Waals surface area contributed by atoms with Crippen molar-refractivity contribution in [2.45, 2.75) is 33.2 Å². The summed E-state index contributed by atoms with van der Waals surface area (Å²) in [7, 11) is 0. The Labute approximate surface area is 114 Å². The van der Waals surface area contributed by atoms with E-state index >= 15 is 0 Å². The van der Waals surface area contributed by atoms with Crippen molar-refractivity contribution in [3.63, 3.8) is 0 Å². The fourth-order valence-corrected chi connectivity index (χ4v) is 3.26. The minimum absolute atomic E-state index is 0.251. The van der Waals surface area contributed by atoms with Crippen LogP contribution in [0.25, 0.3) is 0 Å². The van der Waals surface area contributed by atoms with Gasteiger partial charge in [0.1, 0.15) is 0 Å². The van der Waals surface area contributed by atoms with Gasteiger partial charge in [-0.1, -0.05) is 13.8 Å². The lowest BCUT2D eigenvalue weighted by Crippen LogP contribution is -2.36. The van der Waals surface area contributed by atoms with Crippen molar-refractivity contribution in [2.75, 3.05) is 19.6 Å². The number of nitriles is 1. The predicted octanol–water partition coefficient (Wildman–Crippen LogP) is 2.93. The fourth-order valence-electron chi connectivity index (χ4n) is 2.18. The van der Waals surface area contributed by atoms with E-state index in [1.807, 2.05) is 0 Å². The summed E-state index contributed by atoms with van der Waals surface area (Å²) in [5.74, 6) is 0.581. The molecule has 0 fully saturated rings. The molecule has 0 aliphatic heterocycles. The first kappa shape index (κ1) is 15.2. The number of thiophene rings is 1. The average Bonchev–Trinajstić information content (AvgIpc) is 2.73. The maximum absolute atomic E-state index is 8.78. The number of hydrogen-bond acceptors (Lipinski definition) is 4. The summed E-state index contributed by atoms with van der Waals surface area (Å²) in [5, 5.41) is 10.9. The van der Waals surface area contributed by atoms with E-state index in [1.165, 1.54) is 10.4 Å². The number of nitrogens with zero attached hydrogens (tertiary/aromatic N) is 2. The Morgan fingerprint density at radius 1 is 1.50 bits per heavy atom. The summed E-state index contributed by atoms with van der Waals surface area (Å²) in [5.41, 5.74) is 7.27. The summed E-state index contributed by atoms with van der Waals surface area (Å²) in [6.07, 6.45) is 0.563. The Morgan fingerprint density at radius 3 is 2.67 bits per heavy atom. The number of aryl methyl sites for hydroxylation is 1. The summed E-state index contributed by atoms with van der Waals surface area (Å²) < 4.78 is 0. The van der Waals surface area contributed by atoms with E-state index in [4.69, 9.17) is 11.0 Å². The molecule has 0 saturated carbocycles. The first-order valence-corrected chi connectivity index (χ1v) is 7.33. The maximum atomic E-state index is 8.78. The molecule has 0 aliphatic rings.